The van der Waals surface area contributed by atoms with Crippen LogP contribution in [0.5, 0.6) is 0 Å². The van der Waals surface area contributed by atoms with Gasteiger partial charge in [0.05, 0.1) is 6.54 Å². The van der Waals surface area contributed by atoms with Gasteiger partial charge in [0.1, 0.15) is 0 Å². The second-order valence-electron chi connectivity index (χ2n) is 4.82. The first-order valence-corrected chi connectivity index (χ1v) is 6.23. The summed E-state index contributed by atoms with van der Waals surface area (Å²) in [4.78, 5) is 6.60. The molecule has 1 aromatic carbocycles. The van der Waals surface area contributed by atoms with Crippen molar-refractivity contribution in [3.05, 3.63) is 35.4 Å². The molecular weight excluding hydrogens is 210 g/mol. The van der Waals surface area contributed by atoms with Crippen LogP contribution in [0.3, 0.4) is 0 Å². The SMILES string of the molecule is Cc1cccc(C(C)CNC2=NCCN2C)c1. The third-order valence-electron chi connectivity index (χ3n) is 3.24. The molecule has 2 rings (SSSR count). The van der Waals surface area contributed by atoms with E-state index in [-0.39, 0.29) is 0 Å². The van der Waals surface area contributed by atoms with Gasteiger partial charge in [-0.25, -0.2) is 0 Å². The molecule has 3 nitrogen and oxygen atoms in total. The van der Waals surface area contributed by atoms with Crippen LogP contribution in [0.1, 0.15) is 24.0 Å². The largest absolute Gasteiger partial charge is 0.356 e. The average Bonchev–Trinajstić information content (AvgIpc) is 2.72. The maximum Gasteiger partial charge on any atom is 0.193 e. The maximum absolute atomic E-state index is 4.43. The molecule has 1 aromatic rings. The molecular formula is C14H21N3. The zero-order valence-corrected chi connectivity index (χ0v) is 10.9. The Morgan fingerprint density at radius 1 is 1.47 bits per heavy atom. The van der Waals surface area contributed by atoms with E-state index in [2.05, 4.69) is 60.4 Å². The zero-order valence-electron chi connectivity index (χ0n) is 10.9. The first-order chi connectivity index (χ1) is 8.16. The lowest BCUT2D eigenvalue weighted by Crippen LogP contribution is -2.37. The topological polar surface area (TPSA) is 27.6 Å². The fraction of sp³-hybridized carbons (Fsp3) is 0.500. The zero-order chi connectivity index (χ0) is 12.3. The monoisotopic (exact) mass is 231 g/mol. The number of aliphatic imine (C=N–C) groups is 1. The highest BCUT2D eigenvalue weighted by atomic mass is 15.3. The molecule has 1 atom stereocenters. The first kappa shape index (κ1) is 12.0. The molecule has 1 N–H and O–H groups in total. The molecule has 3 heteroatoms. The van der Waals surface area contributed by atoms with Gasteiger partial charge in [-0.05, 0) is 18.4 Å². The number of hydrogen-bond acceptors (Lipinski definition) is 3. The third-order valence-corrected chi connectivity index (χ3v) is 3.24. The van der Waals surface area contributed by atoms with Crippen molar-refractivity contribution in [2.45, 2.75) is 19.8 Å². The van der Waals surface area contributed by atoms with Gasteiger partial charge in [-0.15, -0.1) is 0 Å². The van der Waals surface area contributed by atoms with E-state index in [1.165, 1.54) is 11.1 Å². The number of rotatable bonds is 3. The van der Waals surface area contributed by atoms with Gasteiger partial charge in [-0.2, -0.15) is 0 Å². The van der Waals surface area contributed by atoms with E-state index in [9.17, 15) is 0 Å². The Bertz CT molecular complexity index is 412. The van der Waals surface area contributed by atoms with E-state index in [1.54, 1.807) is 0 Å². The number of guanidine groups is 1. The Morgan fingerprint density at radius 3 is 2.94 bits per heavy atom. The van der Waals surface area contributed by atoms with Crippen molar-refractivity contribution in [1.29, 1.82) is 0 Å². The molecule has 0 aliphatic carbocycles. The van der Waals surface area contributed by atoms with Crippen molar-refractivity contribution < 1.29 is 0 Å². The van der Waals surface area contributed by atoms with E-state index in [0.717, 1.165) is 25.6 Å². The van der Waals surface area contributed by atoms with Crippen molar-refractivity contribution in [3.8, 4) is 0 Å². The van der Waals surface area contributed by atoms with Gasteiger partial charge in [0.15, 0.2) is 5.96 Å². The fourth-order valence-electron chi connectivity index (χ4n) is 2.06. The lowest BCUT2D eigenvalue weighted by atomic mass is 9.99. The van der Waals surface area contributed by atoms with Gasteiger partial charge < -0.3 is 10.2 Å². The standard InChI is InChI=1S/C14H21N3/c1-11-5-4-6-13(9-11)12(2)10-16-14-15-7-8-17(14)3/h4-6,9,12H,7-8,10H2,1-3H3,(H,15,16). The summed E-state index contributed by atoms with van der Waals surface area (Å²) in [6.07, 6.45) is 0. The molecule has 0 saturated heterocycles. The Labute approximate surface area is 104 Å². The average molecular weight is 231 g/mol. The molecule has 1 aliphatic rings. The fourth-order valence-corrected chi connectivity index (χ4v) is 2.06. The third kappa shape index (κ3) is 2.99. The highest BCUT2D eigenvalue weighted by molar-refractivity contribution is 5.81. The predicted octanol–water partition coefficient (Wildman–Crippen LogP) is 1.99. The number of nitrogens with zero attached hydrogens (tertiary/aromatic N) is 2. The van der Waals surface area contributed by atoms with E-state index in [0.29, 0.717) is 5.92 Å². The van der Waals surface area contributed by atoms with Gasteiger partial charge in [-0.3, -0.25) is 4.99 Å². The smallest absolute Gasteiger partial charge is 0.193 e. The first-order valence-electron chi connectivity index (χ1n) is 6.23. The number of hydrogen-bond donors (Lipinski definition) is 1. The molecule has 0 bridgehead atoms. The summed E-state index contributed by atoms with van der Waals surface area (Å²) in [7, 11) is 2.08. The maximum atomic E-state index is 4.43. The number of nitrogens with one attached hydrogen (secondary N) is 1. The Kier molecular flexibility index (Phi) is 3.67. The highest BCUT2D eigenvalue weighted by Gasteiger charge is 2.13. The van der Waals surface area contributed by atoms with Gasteiger partial charge in [0.2, 0.25) is 0 Å². The summed E-state index contributed by atoms with van der Waals surface area (Å²) in [5.74, 6) is 1.54. The molecule has 0 spiro atoms. The Hall–Kier alpha value is -1.51. The molecule has 1 aliphatic heterocycles. The molecule has 92 valence electrons. The van der Waals surface area contributed by atoms with Crippen molar-refractivity contribution >= 4 is 5.96 Å². The minimum atomic E-state index is 0.506. The highest BCUT2D eigenvalue weighted by Crippen LogP contribution is 2.15. The molecule has 0 amide bonds. The predicted molar refractivity (Wildman–Crippen MR) is 72.5 cm³/mol. The van der Waals surface area contributed by atoms with Crippen molar-refractivity contribution in [2.75, 3.05) is 26.7 Å². The minimum Gasteiger partial charge on any atom is -0.356 e. The van der Waals surface area contributed by atoms with Crippen molar-refractivity contribution in [2.24, 2.45) is 4.99 Å². The van der Waals surface area contributed by atoms with Gasteiger partial charge in [-0.1, -0.05) is 36.8 Å². The van der Waals surface area contributed by atoms with Crippen LogP contribution < -0.4 is 5.32 Å². The quantitative estimate of drug-likeness (QED) is 0.861. The lowest BCUT2D eigenvalue weighted by Gasteiger charge is -2.18. The van der Waals surface area contributed by atoms with Crippen LogP contribution in [0.25, 0.3) is 0 Å². The second kappa shape index (κ2) is 5.21. The number of aryl methyl sites for hydroxylation is 1. The Morgan fingerprint density at radius 2 is 2.29 bits per heavy atom. The van der Waals surface area contributed by atoms with Crippen LogP contribution in [0.4, 0.5) is 0 Å². The minimum absolute atomic E-state index is 0.506. The van der Waals surface area contributed by atoms with Crippen molar-refractivity contribution in [1.82, 2.24) is 10.2 Å². The normalized spacial score (nSPS) is 16.9. The van der Waals surface area contributed by atoms with E-state index < -0.39 is 0 Å². The lowest BCUT2D eigenvalue weighted by molar-refractivity contribution is 0.529. The molecule has 0 radical (unpaired) electrons. The number of likely N-dealkylation sites (N-methyl/N-ethyl adjacent to an activating group) is 1. The van der Waals surface area contributed by atoms with Crippen LogP contribution in [0.2, 0.25) is 0 Å². The summed E-state index contributed by atoms with van der Waals surface area (Å²) < 4.78 is 0. The molecule has 0 aromatic heterocycles. The second-order valence-corrected chi connectivity index (χ2v) is 4.82. The van der Waals surface area contributed by atoms with Crippen LogP contribution >= 0.6 is 0 Å². The molecule has 1 heterocycles. The van der Waals surface area contributed by atoms with Crippen LogP contribution in [0, 0.1) is 6.92 Å². The summed E-state index contributed by atoms with van der Waals surface area (Å²) in [5.41, 5.74) is 2.71. The molecule has 0 fully saturated rings. The summed E-state index contributed by atoms with van der Waals surface area (Å²) >= 11 is 0. The van der Waals surface area contributed by atoms with E-state index >= 15 is 0 Å². The van der Waals surface area contributed by atoms with Crippen LogP contribution in [-0.4, -0.2) is 37.5 Å². The Balaban J connectivity index is 1.91. The van der Waals surface area contributed by atoms with Gasteiger partial charge in [0.25, 0.3) is 0 Å². The van der Waals surface area contributed by atoms with Crippen LogP contribution in [0.15, 0.2) is 29.3 Å². The summed E-state index contributed by atoms with van der Waals surface area (Å²) in [6.45, 7) is 7.27. The molecule has 17 heavy (non-hydrogen) atoms. The van der Waals surface area contributed by atoms with Crippen LogP contribution in [-0.2, 0) is 0 Å². The van der Waals surface area contributed by atoms with Gasteiger partial charge >= 0.3 is 0 Å². The molecule has 0 saturated carbocycles. The number of benzene rings is 1. The summed E-state index contributed by atoms with van der Waals surface area (Å²) in [5, 5.41) is 3.42. The molecule has 1 unspecified atom stereocenters. The summed E-state index contributed by atoms with van der Waals surface area (Å²) in [6, 6.07) is 8.71. The van der Waals surface area contributed by atoms with Gasteiger partial charge in [0, 0.05) is 20.1 Å². The van der Waals surface area contributed by atoms with E-state index in [4.69, 9.17) is 0 Å². The van der Waals surface area contributed by atoms with E-state index in [1.807, 2.05) is 0 Å². The van der Waals surface area contributed by atoms with Crippen molar-refractivity contribution in [3.63, 3.8) is 0 Å².